The minimum atomic E-state index is -5.03. The lowest BCUT2D eigenvalue weighted by molar-refractivity contribution is -0.275. The minimum Gasteiger partial charge on any atom is -0.403 e. The third-order valence-corrected chi connectivity index (χ3v) is 6.34. The monoisotopic (exact) mass is 630 g/mol. The zero-order chi connectivity index (χ0) is 32.0. The highest BCUT2D eigenvalue weighted by atomic mass is 19.4. The largest absolute Gasteiger partial charge is 0.573 e. The molecule has 1 fully saturated rings. The summed E-state index contributed by atoms with van der Waals surface area (Å²) in [6.45, 7) is 2.24. The topological polar surface area (TPSA) is 36.9 Å². The van der Waals surface area contributed by atoms with E-state index in [1.54, 1.807) is 12.1 Å². The number of hydrogen-bond acceptors (Lipinski definition) is 4. The summed E-state index contributed by atoms with van der Waals surface area (Å²) >= 11 is 0. The fourth-order valence-corrected chi connectivity index (χ4v) is 4.18. The predicted molar refractivity (Wildman–Crippen MR) is 141 cm³/mol. The van der Waals surface area contributed by atoms with Crippen LogP contribution < -0.4 is 9.68 Å². The first kappa shape index (κ1) is 32.7. The summed E-state index contributed by atoms with van der Waals surface area (Å²) < 4.78 is 130. The minimum absolute atomic E-state index is 0.0371. The number of rotatable bonds is 6. The van der Waals surface area contributed by atoms with Gasteiger partial charge in [-0.3, -0.25) is 4.94 Å². The zero-order valence-electron chi connectivity index (χ0n) is 22.7. The fourth-order valence-electron chi connectivity index (χ4n) is 4.18. The van der Waals surface area contributed by atoms with Gasteiger partial charge in [0.05, 0.1) is 13.2 Å². The molecule has 234 valence electrons. The Bertz CT molecular complexity index is 1590. The molecule has 4 aromatic rings. The average Bonchev–Trinajstić information content (AvgIpc) is 2.98. The Morgan fingerprint density at radius 3 is 1.84 bits per heavy atom. The first-order valence-electron chi connectivity index (χ1n) is 12.9. The van der Waals surface area contributed by atoms with Gasteiger partial charge in [0.1, 0.15) is 24.1 Å². The summed E-state index contributed by atoms with van der Waals surface area (Å²) in [6, 6.07) is 13.9. The second-order valence-corrected chi connectivity index (χ2v) is 9.69. The van der Waals surface area contributed by atoms with E-state index in [9.17, 15) is 39.6 Å². The molecule has 1 aliphatic rings. The van der Waals surface area contributed by atoms with E-state index >= 15 is 0 Å². The van der Waals surface area contributed by atoms with Crippen molar-refractivity contribution in [3.05, 3.63) is 107 Å². The molecular weight excluding hydrogens is 607 g/mol. The summed E-state index contributed by atoms with van der Waals surface area (Å²) in [6.07, 6.45) is -5.62. The number of alkyl halides is 4. The number of halogens is 9. The molecular formula is C31H23F9O4. The van der Waals surface area contributed by atoms with Gasteiger partial charge >= 0.3 is 6.36 Å². The van der Waals surface area contributed by atoms with Crippen molar-refractivity contribution in [3.63, 3.8) is 0 Å². The van der Waals surface area contributed by atoms with Crippen LogP contribution in [0.15, 0.2) is 72.8 Å². The van der Waals surface area contributed by atoms with Crippen molar-refractivity contribution in [2.24, 2.45) is 5.92 Å². The van der Waals surface area contributed by atoms with Gasteiger partial charge in [-0.25, -0.2) is 22.0 Å². The van der Waals surface area contributed by atoms with Crippen LogP contribution in [0.5, 0.6) is 11.5 Å². The smallest absolute Gasteiger partial charge is 0.403 e. The maximum atomic E-state index is 14.4. The molecule has 0 aromatic heterocycles. The molecule has 44 heavy (non-hydrogen) atoms. The second kappa shape index (κ2) is 14.0. The molecule has 13 heteroatoms. The van der Waals surface area contributed by atoms with Gasteiger partial charge in [0.15, 0.2) is 23.6 Å². The highest BCUT2D eigenvalue weighted by Crippen LogP contribution is 2.33. The van der Waals surface area contributed by atoms with Crippen LogP contribution in [0.3, 0.4) is 0 Å². The Hall–Kier alpha value is -4.23. The first-order valence-corrected chi connectivity index (χ1v) is 12.9. The van der Waals surface area contributed by atoms with Gasteiger partial charge < -0.3 is 14.2 Å². The highest BCUT2D eigenvalue weighted by Gasteiger charge is 2.32. The van der Waals surface area contributed by atoms with Crippen molar-refractivity contribution in [1.29, 1.82) is 0 Å². The summed E-state index contributed by atoms with van der Waals surface area (Å²) in [7, 11) is 0. The number of hydrogen-bond donors (Lipinski definition) is 0. The number of benzene rings is 4. The Labute approximate surface area is 245 Å². The van der Waals surface area contributed by atoms with E-state index in [0.29, 0.717) is 42.4 Å². The summed E-state index contributed by atoms with van der Waals surface area (Å²) in [5.74, 6) is -4.53. The van der Waals surface area contributed by atoms with E-state index < -0.39 is 54.1 Å². The maximum Gasteiger partial charge on any atom is 0.573 e. The van der Waals surface area contributed by atoms with E-state index in [0.717, 1.165) is 30.3 Å². The van der Waals surface area contributed by atoms with Gasteiger partial charge in [-0.05, 0) is 47.5 Å². The molecule has 5 rings (SSSR count). The van der Waals surface area contributed by atoms with Crippen LogP contribution in [0.4, 0.5) is 39.6 Å². The van der Waals surface area contributed by atoms with Crippen LogP contribution >= 0.6 is 0 Å². The van der Waals surface area contributed by atoms with Crippen LogP contribution in [0.1, 0.15) is 24.3 Å². The molecule has 0 radical (unpaired) electrons. The Morgan fingerprint density at radius 2 is 1.32 bits per heavy atom. The third-order valence-electron chi connectivity index (χ3n) is 6.34. The van der Waals surface area contributed by atoms with E-state index in [-0.39, 0.29) is 22.3 Å². The summed E-state index contributed by atoms with van der Waals surface area (Å²) in [5.41, 5.74) is 0.992. The van der Waals surface area contributed by atoms with Gasteiger partial charge in [-0.1, -0.05) is 37.3 Å². The molecule has 0 saturated carbocycles. The van der Waals surface area contributed by atoms with E-state index in [1.807, 2.05) is 6.92 Å². The van der Waals surface area contributed by atoms with Crippen molar-refractivity contribution in [2.45, 2.75) is 26.3 Å². The average molecular weight is 631 g/mol. The van der Waals surface area contributed by atoms with Crippen LogP contribution in [0.25, 0.3) is 22.3 Å². The molecule has 0 unspecified atom stereocenters. The molecule has 0 atom stereocenters. The van der Waals surface area contributed by atoms with E-state index in [2.05, 4.69) is 9.68 Å². The molecule has 0 amide bonds. The summed E-state index contributed by atoms with van der Waals surface area (Å²) in [4.78, 5) is 3.32. The van der Waals surface area contributed by atoms with Crippen molar-refractivity contribution < 1.29 is 58.8 Å². The molecule has 1 saturated heterocycles. The molecule has 4 aromatic carbocycles. The van der Waals surface area contributed by atoms with Crippen molar-refractivity contribution in [2.75, 3.05) is 13.2 Å². The van der Waals surface area contributed by atoms with Gasteiger partial charge in [-0.15, -0.1) is 13.2 Å². The molecule has 0 N–H and O–H groups in total. The van der Waals surface area contributed by atoms with Crippen LogP contribution in [-0.4, -0.2) is 19.6 Å². The van der Waals surface area contributed by atoms with Crippen molar-refractivity contribution in [1.82, 2.24) is 0 Å². The van der Waals surface area contributed by atoms with Crippen molar-refractivity contribution >= 4 is 0 Å². The predicted octanol–water partition coefficient (Wildman–Crippen LogP) is 9.58. The second-order valence-electron chi connectivity index (χ2n) is 9.69. The van der Waals surface area contributed by atoms with Gasteiger partial charge in [-0.2, -0.15) is 0 Å². The van der Waals surface area contributed by atoms with Crippen LogP contribution in [-0.2, 0) is 16.1 Å². The summed E-state index contributed by atoms with van der Waals surface area (Å²) in [5, 5.41) is 0. The lowest BCUT2D eigenvalue weighted by Gasteiger charge is -2.27. The first-order chi connectivity index (χ1) is 20.9. The molecule has 1 aliphatic heterocycles. The fraction of sp³-hybridized carbons (Fsp3) is 0.226. The lowest BCUT2D eigenvalue weighted by Crippen LogP contribution is -2.25. The Morgan fingerprint density at radius 1 is 0.727 bits per heavy atom. The Balaban J connectivity index is 0.000000202. The van der Waals surface area contributed by atoms with Gasteiger partial charge in [0.25, 0.3) is 0 Å². The van der Waals surface area contributed by atoms with E-state index in [1.165, 1.54) is 18.2 Å². The van der Waals surface area contributed by atoms with Crippen LogP contribution in [0, 0.1) is 29.2 Å². The quantitative estimate of drug-likeness (QED) is 0.199. The maximum absolute atomic E-state index is 14.4. The highest BCUT2D eigenvalue weighted by molar-refractivity contribution is 5.66. The van der Waals surface area contributed by atoms with Gasteiger partial charge in [0.2, 0.25) is 0 Å². The molecule has 0 bridgehead atoms. The van der Waals surface area contributed by atoms with Crippen LogP contribution in [0.2, 0.25) is 0 Å². The van der Waals surface area contributed by atoms with E-state index in [4.69, 9.17) is 9.47 Å². The Kier molecular flexibility index (Phi) is 10.4. The van der Waals surface area contributed by atoms with Crippen molar-refractivity contribution in [3.8, 4) is 33.8 Å². The molecule has 4 nitrogen and oxygen atoms in total. The number of ether oxygens (including phenoxy) is 3. The zero-order valence-corrected chi connectivity index (χ0v) is 22.7. The molecule has 0 aliphatic carbocycles. The SMILES string of the molecule is CC1COC(c2ccc(-c3ccc(CF)c(F)c3)c(F)c2)OC1.FOc1ccc(-c2ccc(OC(F)(F)F)c(F)c2)c(F)c1. The molecule has 1 heterocycles. The third kappa shape index (κ3) is 8.23. The standard InChI is InChI=1S/C18H17F3O2.C13H6F6O2/c1-11-9-22-18(23-10-11)13-4-5-15(17(21)7-13)12-2-3-14(8-19)16(20)6-12;14-10-6-8(21-19)2-3-9(10)7-1-4-12(11(15)5-7)20-13(16,17)18/h2-7,11,18H,8-10H2,1H3;1-6H. The molecule has 0 spiro atoms. The van der Waals surface area contributed by atoms with Gasteiger partial charge in [0, 0.05) is 38.8 Å². The normalized spacial score (nSPS) is 16.6. The lowest BCUT2D eigenvalue weighted by atomic mass is 10.0.